The van der Waals surface area contributed by atoms with E-state index in [-0.39, 0.29) is 5.91 Å². The van der Waals surface area contributed by atoms with E-state index < -0.39 is 0 Å². The Hall–Kier alpha value is -2.56. The molecule has 1 aromatic carbocycles. The fourth-order valence-electron chi connectivity index (χ4n) is 3.47. The Bertz CT molecular complexity index is 805. The maximum absolute atomic E-state index is 12.5. The number of nitrogens with zero attached hydrogens (tertiary/aromatic N) is 2. The molecule has 3 aromatic rings. The van der Waals surface area contributed by atoms with Gasteiger partial charge in [0.05, 0.1) is 0 Å². The quantitative estimate of drug-likeness (QED) is 0.778. The van der Waals surface area contributed by atoms with Crippen LogP contribution in [0.1, 0.15) is 30.0 Å². The lowest BCUT2D eigenvalue weighted by molar-refractivity contribution is -0.130. The number of carbonyl (C=O) groups excluding carboxylic acids is 1. The van der Waals surface area contributed by atoms with Gasteiger partial charge in [-0.15, -0.1) is 0 Å². The van der Waals surface area contributed by atoms with Gasteiger partial charge >= 0.3 is 0 Å². The molecule has 0 aliphatic carbocycles. The van der Waals surface area contributed by atoms with Crippen LogP contribution in [0.3, 0.4) is 0 Å². The number of hydrogen-bond donors (Lipinski definition) is 2. The molecule has 1 aliphatic heterocycles. The molecular formula is C18H20N4O. The van der Waals surface area contributed by atoms with Crippen molar-refractivity contribution in [3.8, 4) is 0 Å². The van der Waals surface area contributed by atoms with E-state index in [1.807, 2.05) is 29.3 Å². The highest BCUT2D eigenvalue weighted by Gasteiger charge is 2.27. The van der Waals surface area contributed by atoms with E-state index in [1.54, 1.807) is 6.20 Å². The number of aromatic amines is 2. The zero-order chi connectivity index (χ0) is 15.6. The molecule has 1 saturated heterocycles. The lowest BCUT2D eigenvalue weighted by atomic mass is 10.1. The number of fused-ring (bicyclic) bond motifs is 1. The Morgan fingerprint density at radius 2 is 2.22 bits per heavy atom. The van der Waals surface area contributed by atoms with Gasteiger partial charge in [0.1, 0.15) is 0 Å². The highest BCUT2D eigenvalue weighted by Crippen LogP contribution is 2.26. The number of nitrogens with one attached hydrogen (secondary N) is 2. The van der Waals surface area contributed by atoms with Gasteiger partial charge in [-0.2, -0.15) is 5.10 Å². The summed E-state index contributed by atoms with van der Waals surface area (Å²) in [5.41, 5.74) is 3.49. The molecule has 0 saturated carbocycles. The summed E-state index contributed by atoms with van der Waals surface area (Å²) in [6, 6.07) is 10.2. The van der Waals surface area contributed by atoms with Crippen molar-refractivity contribution in [1.29, 1.82) is 0 Å². The van der Waals surface area contributed by atoms with Crippen LogP contribution in [0.25, 0.3) is 10.9 Å². The zero-order valence-corrected chi connectivity index (χ0v) is 13.0. The van der Waals surface area contributed by atoms with Crippen LogP contribution in [-0.2, 0) is 11.2 Å². The summed E-state index contributed by atoms with van der Waals surface area (Å²) in [4.78, 5) is 17.7. The van der Waals surface area contributed by atoms with Crippen LogP contribution in [-0.4, -0.2) is 39.1 Å². The normalized spacial score (nSPS) is 17.9. The van der Waals surface area contributed by atoms with E-state index in [0.29, 0.717) is 12.3 Å². The van der Waals surface area contributed by atoms with Gasteiger partial charge in [-0.25, -0.2) is 0 Å². The van der Waals surface area contributed by atoms with Gasteiger partial charge in [-0.3, -0.25) is 9.89 Å². The molecule has 1 amide bonds. The average Bonchev–Trinajstić information content (AvgIpc) is 3.31. The van der Waals surface area contributed by atoms with Crippen LogP contribution < -0.4 is 0 Å². The molecule has 0 spiro atoms. The first kappa shape index (κ1) is 14.1. The summed E-state index contributed by atoms with van der Waals surface area (Å²) in [7, 11) is 0. The third-order valence-electron chi connectivity index (χ3n) is 4.79. The number of hydrogen-bond acceptors (Lipinski definition) is 2. The predicted molar refractivity (Wildman–Crippen MR) is 89.1 cm³/mol. The Balaban J connectivity index is 1.37. The summed E-state index contributed by atoms with van der Waals surface area (Å²) in [5.74, 6) is 0.645. The Kier molecular flexibility index (Phi) is 3.61. The van der Waals surface area contributed by atoms with Crippen LogP contribution in [0.2, 0.25) is 0 Å². The van der Waals surface area contributed by atoms with E-state index in [9.17, 15) is 4.79 Å². The minimum absolute atomic E-state index is 0.247. The van der Waals surface area contributed by atoms with Gasteiger partial charge in [-0.05, 0) is 30.5 Å². The van der Waals surface area contributed by atoms with Crippen LogP contribution in [0.4, 0.5) is 0 Å². The maximum atomic E-state index is 12.5. The molecule has 4 rings (SSSR count). The van der Waals surface area contributed by atoms with E-state index >= 15 is 0 Å². The summed E-state index contributed by atoms with van der Waals surface area (Å²) < 4.78 is 0. The van der Waals surface area contributed by atoms with Crippen molar-refractivity contribution in [2.75, 3.05) is 13.1 Å². The molecule has 1 atom stereocenters. The minimum Gasteiger partial charge on any atom is -0.361 e. The van der Waals surface area contributed by atoms with Crippen molar-refractivity contribution in [2.24, 2.45) is 0 Å². The second-order valence-electron chi connectivity index (χ2n) is 6.20. The number of rotatable bonds is 4. The standard InChI is InChI=1S/C18H20N4O/c23-18(22-10-8-14(12-22)16-7-9-20-21-16)6-5-13-11-19-17-4-2-1-3-15(13)17/h1-4,7,9,11,14,19H,5-6,8,10,12H2,(H,20,21). The van der Waals surface area contributed by atoms with Crippen LogP contribution in [0, 0.1) is 0 Å². The topological polar surface area (TPSA) is 64.8 Å². The molecule has 2 aromatic heterocycles. The lowest BCUT2D eigenvalue weighted by Crippen LogP contribution is -2.28. The van der Waals surface area contributed by atoms with Crippen molar-refractivity contribution in [1.82, 2.24) is 20.1 Å². The largest absolute Gasteiger partial charge is 0.361 e. The van der Waals surface area contributed by atoms with E-state index in [4.69, 9.17) is 0 Å². The van der Waals surface area contributed by atoms with Gasteiger partial charge < -0.3 is 9.88 Å². The zero-order valence-electron chi connectivity index (χ0n) is 13.0. The summed E-state index contributed by atoms with van der Waals surface area (Å²) in [6.45, 7) is 1.64. The second kappa shape index (κ2) is 5.91. The highest BCUT2D eigenvalue weighted by atomic mass is 16.2. The van der Waals surface area contributed by atoms with Crippen LogP contribution in [0.15, 0.2) is 42.7 Å². The monoisotopic (exact) mass is 308 g/mol. The van der Waals surface area contributed by atoms with E-state index in [2.05, 4.69) is 27.3 Å². The fraction of sp³-hybridized carbons (Fsp3) is 0.333. The van der Waals surface area contributed by atoms with E-state index in [1.165, 1.54) is 10.9 Å². The third-order valence-corrected chi connectivity index (χ3v) is 4.79. The third kappa shape index (κ3) is 2.74. The first-order chi connectivity index (χ1) is 11.3. The molecule has 23 heavy (non-hydrogen) atoms. The van der Waals surface area contributed by atoms with Gasteiger partial charge in [-0.1, -0.05) is 18.2 Å². The number of para-hydroxylation sites is 1. The van der Waals surface area contributed by atoms with E-state index in [0.717, 1.165) is 37.1 Å². The smallest absolute Gasteiger partial charge is 0.222 e. The summed E-state index contributed by atoms with van der Waals surface area (Å²) in [5, 5.41) is 8.24. The number of carbonyl (C=O) groups is 1. The lowest BCUT2D eigenvalue weighted by Gasteiger charge is -2.16. The molecule has 1 fully saturated rings. The van der Waals surface area contributed by atoms with Gasteiger partial charge in [0, 0.05) is 54.4 Å². The van der Waals surface area contributed by atoms with Gasteiger partial charge in [0.2, 0.25) is 5.91 Å². The minimum atomic E-state index is 0.247. The number of aryl methyl sites for hydroxylation is 1. The Labute approximate surface area is 134 Å². The fourth-order valence-corrected chi connectivity index (χ4v) is 3.47. The maximum Gasteiger partial charge on any atom is 0.222 e. The van der Waals surface area contributed by atoms with Crippen LogP contribution in [0.5, 0.6) is 0 Å². The second-order valence-corrected chi connectivity index (χ2v) is 6.20. The number of H-pyrrole nitrogens is 2. The number of aromatic nitrogens is 3. The molecule has 3 heterocycles. The van der Waals surface area contributed by atoms with Gasteiger partial charge in [0.25, 0.3) is 0 Å². The molecule has 0 bridgehead atoms. The number of likely N-dealkylation sites (tertiary alicyclic amines) is 1. The van der Waals surface area contributed by atoms with Crippen molar-refractivity contribution < 1.29 is 4.79 Å². The van der Waals surface area contributed by atoms with Gasteiger partial charge in [0.15, 0.2) is 0 Å². The molecule has 5 heteroatoms. The first-order valence-electron chi connectivity index (χ1n) is 8.13. The summed E-state index contributed by atoms with van der Waals surface area (Å²) in [6.07, 6.45) is 6.17. The SMILES string of the molecule is O=C(CCc1c[nH]c2ccccc12)N1CCC(c2ccn[nH]2)C1. The van der Waals surface area contributed by atoms with Crippen molar-refractivity contribution in [3.63, 3.8) is 0 Å². The molecule has 5 nitrogen and oxygen atoms in total. The molecule has 2 N–H and O–H groups in total. The van der Waals surface area contributed by atoms with Crippen molar-refractivity contribution >= 4 is 16.8 Å². The predicted octanol–water partition coefficient (Wildman–Crippen LogP) is 2.84. The van der Waals surface area contributed by atoms with Crippen molar-refractivity contribution in [2.45, 2.75) is 25.2 Å². The molecule has 118 valence electrons. The molecule has 1 unspecified atom stereocenters. The Morgan fingerprint density at radius 3 is 3.09 bits per heavy atom. The Morgan fingerprint density at radius 1 is 1.30 bits per heavy atom. The number of benzene rings is 1. The molecule has 0 radical (unpaired) electrons. The van der Waals surface area contributed by atoms with Crippen LogP contribution >= 0.6 is 0 Å². The van der Waals surface area contributed by atoms with Crippen molar-refractivity contribution in [3.05, 3.63) is 54.0 Å². The number of amides is 1. The first-order valence-corrected chi connectivity index (χ1v) is 8.13. The highest BCUT2D eigenvalue weighted by molar-refractivity contribution is 5.84. The summed E-state index contributed by atoms with van der Waals surface area (Å²) >= 11 is 0. The molecule has 1 aliphatic rings. The molecular weight excluding hydrogens is 288 g/mol. The average molecular weight is 308 g/mol.